The number of nitrogens with two attached hydrogens (primary N) is 2. The summed E-state index contributed by atoms with van der Waals surface area (Å²) in [5.41, 5.74) is 8.86. The van der Waals surface area contributed by atoms with Gasteiger partial charge < -0.3 is 10.5 Å². The van der Waals surface area contributed by atoms with E-state index in [0.29, 0.717) is 29.8 Å². The van der Waals surface area contributed by atoms with Crippen molar-refractivity contribution >= 4 is 43.4 Å². The van der Waals surface area contributed by atoms with Crippen molar-refractivity contribution in [1.82, 2.24) is 0 Å². The highest BCUT2D eigenvalue weighted by atomic mass is 79.9. The van der Waals surface area contributed by atoms with Gasteiger partial charge in [0, 0.05) is 27.9 Å². The highest BCUT2D eigenvalue weighted by molar-refractivity contribution is 9.10. The first kappa shape index (κ1) is 25.2. The molecule has 0 fully saturated rings. The van der Waals surface area contributed by atoms with Crippen LogP contribution in [0.1, 0.15) is 38.2 Å². The third kappa shape index (κ3) is 4.65. The average Bonchev–Trinajstić information content (AvgIpc) is 2.77. The van der Waals surface area contributed by atoms with Crippen LogP contribution in [0.5, 0.6) is 0 Å². The van der Waals surface area contributed by atoms with Gasteiger partial charge in [-0.2, -0.15) is 0 Å². The molecule has 1 heterocycles. The number of benzene rings is 2. The zero-order chi connectivity index (χ0) is 25.7. The second-order valence-electron chi connectivity index (χ2n) is 9.45. The fraction of sp³-hybridized carbons (Fsp3) is 0.280. The lowest BCUT2D eigenvalue weighted by Gasteiger charge is -2.44. The molecule has 4 N–H and O–H groups in total. The van der Waals surface area contributed by atoms with Crippen LogP contribution < -0.4 is 15.8 Å². The summed E-state index contributed by atoms with van der Waals surface area (Å²) in [5.74, 6) is -1.30. The van der Waals surface area contributed by atoms with Crippen LogP contribution in [0.25, 0.3) is 0 Å². The number of ketones is 1. The Hall–Kier alpha value is -2.95. The van der Waals surface area contributed by atoms with Gasteiger partial charge in [-0.25, -0.2) is 18.4 Å². The molecule has 4 rings (SSSR count). The number of allylic oxidation sites excluding steroid dienone is 2. The van der Waals surface area contributed by atoms with E-state index in [2.05, 4.69) is 15.9 Å². The maximum absolute atomic E-state index is 13.6. The molecular weight excluding hydrogens is 534 g/mol. The first-order valence-corrected chi connectivity index (χ1v) is 13.2. The predicted octanol–water partition coefficient (Wildman–Crippen LogP) is 3.69. The summed E-state index contributed by atoms with van der Waals surface area (Å²) in [4.78, 5) is 28.3. The van der Waals surface area contributed by atoms with Crippen LogP contribution in [-0.2, 0) is 24.3 Å². The average molecular weight is 560 g/mol. The van der Waals surface area contributed by atoms with Crippen LogP contribution in [0.15, 0.2) is 80.6 Å². The number of halogens is 1. The highest BCUT2D eigenvalue weighted by Crippen LogP contribution is 2.50. The van der Waals surface area contributed by atoms with E-state index in [1.54, 1.807) is 17.0 Å². The molecule has 0 bridgehead atoms. The number of ether oxygens (including phenoxy) is 1. The number of anilines is 1. The Morgan fingerprint density at radius 3 is 2.23 bits per heavy atom. The van der Waals surface area contributed by atoms with Crippen molar-refractivity contribution in [3.8, 4) is 0 Å². The third-order valence-corrected chi connectivity index (χ3v) is 7.75. The Balaban J connectivity index is 2.00. The van der Waals surface area contributed by atoms with Crippen LogP contribution in [0.2, 0.25) is 0 Å². The monoisotopic (exact) mass is 559 g/mol. The molecule has 0 amide bonds. The first-order valence-electron chi connectivity index (χ1n) is 10.9. The minimum atomic E-state index is -3.90. The fourth-order valence-electron chi connectivity index (χ4n) is 4.79. The molecule has 10 heteroatoms. The minimum Gasteiger partial charge on any atom is -0.466 e. The molecule has 0 unspecified atom stereocenters. The molecular formula is C25H26BrN3O5S. The van der Waals surface area contributed by atoms with E-state index in [1.165, 1.54) is 19.2 Å². The van der Waals surface area contributed by atoms with Crippen molar-refractivity contribution in [2.24, 2.45) is 16.3 Å². The number of primary sulfonamides is 1. The van der Waals surface area contributed by atoms with Gasteiger partial charge in [0.1, 0.15) is 5.82 Å². The second kappa shape index (κ2) is 8.92. The van der Waals surface area contributed by atoms with Gasteiger partial charge in [-0.1, -0.05) is 41.9 Å². The zero-order valence-electron chi connectivity index (χ0n) is 19.5. The van der Waals surface area contributed by atoms with Gasteiger partial charge in [0.25, 0.3) is 0 Å². The molecule has 1 atom stereocenters. The molecule has 0 spiro atoms. The Kier molecular flexibility index (Phi) is 6.41. The summed E-state index contributed by atoms with van der Waals surface area (Å²) >= 11 is 3.43. The molecule has 0 saturated carbocycles. The minimum absolute atomic E-state index is 0.0593. The summed E-state index contributed by atoms with van der Waals surface area (Å²) < 4.78 is 29.5. The van der Waals surface area contributed by atoms with Crippen molar-refractivity contribution in [3.05, 3.63) is 81.2 Å². The molecule has 0 aromatic heterocycles. The smallest absolute Gasteiger partial charge is 0.338 e. The van der Waals surface area contributed by atoms with Gasteiger partial charge in [0.05, 0.1) is 23.5 Å². The fourth-order valence-corrected chi connectivity index (χ4v) is 5.57. The third-order valence-electron chi connectivity index (χ3n) is 6.29. The van der Waals surface area contributed by atoms with Crippen LogP contribution in [0, 0.1) is 5.41 Å². The molecule has 184 valence electrons. The highest BCUT2D eigenvalue weighted by Gasteiger charge is 2.46. The molecule has 1 aliphatic carbocycles. The summed E-state index contributed by atoms with van der Waals surface area (Å²) in [5, 5.41) is 5.25. The number of Topliss-reactive ketones (excluding diaryl/α,β-unsaturated/α-hetero) is 1. The van der Waals surface area contributed by atoms with E-state index < -0.39 is 21.9 Å². The van der Waals surface area contributed by atoms with Gasteiger partial charge >= 0.3 is 5.97 Å². The number of hydrogen-bond donors (Lipinski definition) is 2. The van der Waals surface area contributed by atoms with Gasteiger partial charge in [-0.15, -0.1) is 0 Å². The second-order valence-corrected chi connectivity index (χ2v) is 11.9. The number of sulfonamides is 1. The summed E-state index contributed by atoms with van der Waals surface area (Å²) in [6.45, 7) is 4.00. The van der Waals surface area contributed by atoms with Crippen molar-refractivity contribution in [3.63, 3.8) is 0 Å². The standard InChI is InChI=1S/C25H26BrN3O5S/c1-25(2)12-18-21(19(30)13-25)20(14-4-6-15(26)7-5-14)22(24(31)34-3)23(27)29(18)16-8-10-17(11-9-16)35(28,32)33/h4-11,20H,12-13,27H2,1-3H3,(H2,28,32,33)/t20-/m1/s1. The summed E-state index contributed by atoms with van der Waals surface area (Å²) in [7, 11) is -2.63. The summed E-state index contributed by atoms with van der Waals surface area (Å²) in [6, 6.07) is 13.2. The largest absolute Gasteiger partial charge is 0.466 e. The molecule has 1 aliphatic heterocycles. The zero-order valence-corrected chi connectivity index (χ0v) is 21.9. The van der Waals surface area contributed by atoms with Crippen molar-refractivity contribution in [2.45, 2.75) is 37.5 Å². The maximum atomic E-state index is 13.6. The Bertz CT molecular complexity index is 1380. The van der Waals surface area contributed by atoms with E-state index in [9.17, 15) is 18.0 Å². The molecule has 0 radical (unpaired) electrons. The van der Waals surface area contributed by atoms with Gasteiger partial charge in [-0.05, 0) is 53.8 Å². The number of carbonyl (C=O) groups is 2. The van der Waals surface area contributed by atoms with E-state index in [4.69, 9.17) is 15.6 Å². The quantitative estimate of drug-likeness (QED) is 0.545. The first-order chi connectivity index (χ1) is 16.3. The number of esters is 1. The van der Waals surface area contributed by atoms with Crippen LogP contribution in [0.3, 0.4) is 0 Å². The summed E-state index contributed by atoms with van der Waals surface area (Å²) in [6.07, 6.45) is 0.832. The van der Waals surface area contributed by atoms with E-state index in [0.717, 1.165) is 10.0 Å². The lowest BCUT2D eigenvalue weighted by molar-refractivity contribution is -0.136. The van der Waals surface area contributed by atoms with Crippen LogP contribution in [-0.4, -0.2) is 27.3 Å². The number of nitrogens with zero attached hydrogens (tertiary/aromatic N) is 1. The van der Waals surface area contributed by atoms with Gasteiger partial charge in [-0.3, -0.25) is 9.69 Å². The SMILES string of the molecule is COC(=O)C1=C(N)N(c2ccc(S(N)(=O)=O)cc2)C2=C(C(=O)CC(C)(C)C2)[C@H]1c1ccc(Br)cc1. The normalized spacial score (nSPS) is 20.1. The van der Waals surface area contributed by atoms with Gasteiger partial charge in [0.2, 0.25) is 10.0 Å². The predicted molar refractivity (Wildman–Crippen MR) is 135 cm³/mol. The lowest BCUT2D eigenvalue weighted by atomic mass is 9.68. The van der Waals surface area contributed by atoms with Crippen molar-refractivity contribution in [2.75, 3.05) is 12.0 Å². The Labute approximate surface area is 212 Å². The number of hydrogen-bond acceptors (Lipinski definition) is 7. The van der Waals surface area contributed by atoms with E-state index in [-0.39, 0.29) is 27.5 Å². The Morgan fingerprint density at radius 2 is 1.69 bits per heavy atom. The molecule has 8 nitrogen and oxygen atoms in total. The molecule has 2 aromatic rings. The maximum Gasteiger partial charge on any atom is 0.338 e. The number of methoxy groups -OCH3 is 1. The van der Waals surface area contributed by atoms with Crippen LogP contribution >= 0.6 is 15.9 Å². The van der Waals surface area contributed by atoms with E-state index in [1.807, 2.05) is 38.1 Å². The topological polar surface area (TPSA) is 133 Å². The molecule has 0 saturated heterocycles. The number of carbonyl (C=O) groups excluding carboxylic acids is 2. The van der Waals surface area contributed by atoms with Crippen LogP contribution in [0.4, 0.5) is 5.69 Å². The lowest BCUT2D eigenvalue weighted by Crippen LogP contribution is -2.43. The number of rotatable bonds is 4. The molecule has 2 aromatic carbocycles. The van der Waals surface area contributed by atoms with E-state index >= 15 is 0 Å². The van der Waals surface area contributed by atoms with Crippen molar-refractivity contribution in [1.29, 1.82) is 0 Å². The van der Waals surface area contributed by atoms with Crippen molar-refractivity contribution < 1.29 is 22.7 Å². The van der Waals surface area contributed by atoms with Gasteiger partial charge in [0.15, 0.2) is 5.78 Å². The Morgan fingerprint density at radius 1 is 1.09 bits per heavy atom. The molecule has 35 heavy (non-hydrogen) atoms. The molecule has 2 aliphatic rings.